The van der Waals surface area contributed by atoms with Gasteiger partial charge in [-0.25, -0.2) is 0 Å². The van der Waals surface area contributed by atoms with Crippen LogP contribution in [0.1, 0.15) is 37.7 Å². The third kappa shape index (κ3) is 3.61. The molecule has 17 heavy (non-hydrogen) atoms. The maximum atomic E-state index is 10.1. The van der Waals surface area contributed by atoms with E-state index in [1.165, 1.54) is 25.7 Å². The van der Waals surface area contributed by atoms with E-state index in [1.54, 1.807) is 0 Å². The Bertz CT molecular complexity index is 352. The van der Waals surface area contributed by atoms with Crippen LogP contribution in [0.2, 0.25) is 10.0 Å². The van der Waals surface area contributed by atoms with Crippen LogP contribution < -0.4 is 0 Å². The first-order valence-electron chi connectivity index (χ1n) is 6.27. The fourth-order valence-corrected chi connectivity index (χ4v) is 3.23. The number of hydrogen-bond donors (Lipinski definition) is 1. The van der Waals surface area contributed by atoms with Crippen LogP contribution in [0.15, 0.2) is 18.2 Å². The maximum Gasteiger partial charge on any atom is 0.0584 e. The van der Waals surface area contributed by atoms with Crippen molar-refractivity contribution in [3.05, 3.63) is 33.8 Å². The van der Waals surface area contributed by atoms with Gasteiger partial charge in [0, 0.05) is 16.5 Å². The van der Waals surface area contributed by atoms with Gasteiger partial charge in [-0.1, -0.05) is 55.0 Å². The first-order chi connectivity index (χ1) is 8.16. The molecule has 1 saturated carbocycles. The van der Waals surface area contributed by atoms with Gasteiger partial charge in [-0.05, 0) is 30.0 Å². The van der Waals surface area contributed by atoms with Crippen molar-refractivity contribution < 1.29 is 5.11 Å². The predicted octanol–water partition coefficient (Wildman–Crippen LogP) is 4.48. The lowest BCUT2D eigenvalue weighted by atomic mass is 9.96. The normalized spacial score (nSPS) is 18.5. The maximum absolute atomic E-state index is 10.1. The van der Waals surface area contributed by atoms with E-state index in [0.29, 0.717) is 22.4 Å². The highest BCUT2D eigenvalue weighted by atomic mass is 35.5. The zero-order chi connectivity index (χ0) is 12.3. The van der Waals surface area contributed by atoms with Crippen LogP contribution in [0.3, 0.4) is 0 Å². The predicted molar refractivity (Wildman–Crippen MR) is 72.7 cm³/mol. The Hall–Kier alpha value is -0.240. The minimum absolute atomic E-state index is 0.324. The Balaban J connectivity index is 1.95. The van der Waals surface area contributed by atoms with Crippen LogP contribution in [0.25, 0.3) is 0 Å². The second kappa shape index (κ2) is 6.08. The minimum Gasteiger partial charge on any atom is -0.393 e. The van der Waals surface area contributed by atoms with Crippen LogP contribution in [0, 0.1) is 5.92 Å². The highest BCUT2D eigenvalue weighted by Crippen LogP contribution is 2.31. The fraction of sp³-hybridized carbons (Fsp3) is 0.571. The Kier molecular flexibility index (Phi) is 4.72. The van der Waals surface area contributed by atoms with Crippen molar-refractivity contribution in [2.24, 2.45) is 5.92 Å². The first kappa shape index (κ1) is 13.2. The molecule has 1 aromatic rings. The van der Waals surface area contributed by atoms with Crippen LogP contribution in [0.5, 0.6) is 0 Å². The van der Waals surface area contributed by atoms with Gasteiger partial charge < -0.3 is 5.11 Å². The van der Waals surface area contributed by atoms with Crippen molar-refractivity contribution in [1.29, 1.82) is 0 Å². The smallest absolute Gasteiger partial charge is 0.0584 e. The summed E-state index contributed by atoms with van der Waals surface area (Å²) >= 11 is 12.2. The van der Waals surface area contributed by atoms with E-state index in [4.69, 9.17) is 23.2 Å². The molecule has 1 atom stereocenters. The molecule has 1 aliphatic carbocycles. The Labute approximate surface area is 113 Å². The fourth-order valence-electron chi connectivity index (χ4n) is 2.68. The first-order valence-corrected chi connectivity index (χ1v) is 7.03. The van der Waals surface area contributed by atoms with Gasteiger partial charge >= 0.3 is 0 Å². The zero-order valence-corrected chi connectivity index (χ0v) is 11.3. The van der Waals surface area contributed by atoms with Gasteiger partial charge in [0.15, 0.2) is 0 Å². The second-order valence-corrected chi connectivity index (χ2v) is 5.76. The zero-order valence-electron chi connectivity index (χ0n) is 9.83. The van der Waals surface area contributed by atoms with Crippen LogP contribution in [-0.4, -0.2) is 11.2 Å². The lowest BCUT2D eigenvalue weighted by Crippen LogP contribution is -2.15. The summed E-state index contributed by atoms with van der Waals surface area (Å²) in [7, 11) is 0. The molecule has 0 saturated heterocycles. The van der Waals surface area contributed by atoms with Crippen molar-refractivity contribution >= 4 is 23.2 Å². The summed E-state index contributed by atoms with van der Waals surface area (Å²) in [5, 5.41) is 11.4. The third-order valence-electron chi connectivity index (χ3n) is 3.58. The molecule has 0 amide bonds. The van der Waals surface area contributed by atoms with Crippen LogP contribution in [-0.2, 0) is 6.42 Å². The van der Waals surface area contributed by atoms with Gasteiger partial charge in [0.1, 0.15) is 0 Å². The summed E-state index contributed by atoms with van der Waals surface area (Å²) in [6.07, 6.45) is 6.25. The Morgan fingerprint density at radius 2 is 1.76 bits per heavy atom. The highest BCUT2D eigenvalue weighted by molar-refractivity contribution is 6.35. The molecule has 1 unspecified atom stereocenters. The molecule has 0 aliphatic heterocycles. The number of aliphatic hydroxyl groups is 1. The van der Waals surface area contributed by atoms with Gasteiger partial charge in [0.25, 0.3) is 0 Å². The standard InChI is InChI=1S/C14H18Cl2O/c15-13-6-3-7-14(16)12(13)9-11(17)8-10-4-1-2-5-10/h3,6-7,10-11,17H,1-2,4-5,8-9H2. The van der Waals surface area contributed by atoms with E-state index >= 15 is 0 Å². The third-order valence-corrected chi connectivity index (χ3v) is 4.29. The molecule has 1 fully saturated rings. The average Bonchev–Trinajstić information content (AvgIpc) is 2.76. The van der Waals surface area contributed by atoms with E-state index in [0.717, 1.165) is 12.0 Å². The largest absolute Gasteiger partial charge is 0.393 e. The number of aliphatic hydroxyl groups excluding tert-OH is 1. The molecule has 1 N–H and O–H groups in total. The molecule has 1 aliphatic rings. The van der Waals surface area contributed by atoms with Gasteiger partial charge in [0.05, 0.1) is 6.10 Å². The summed E-state index contributed by atoms with van der Waals surface area (Å²) in [4.78, 5) is 0. The molecule has 0 radical (unpaired) electrons. The van der Waals surface area contributed by atoms with E-state index in [2.05, 4.69) is 0 Å². The number of benzene rings is 1. The minimum atomic E-state index is -0.324. The van der Waals surface area contributed by atoms with Crippen molar-refractivity contribution in [1.82, 2.24) is 0 Å². The lowest BCUT2D eigenvalue weighted by molar-refractivity contribution is 0.143. The van der Waals surface area contributed by atoms with Crippen molar-refractivity contribution in [3.63, 3.8) is 0 Å². The summed E-state index contributed by atoms with van der Waals surface area (Å²) in [5.74, 6) is 0.686. The Morgan fingerprint density at radius 3 is 2.35 bits per heavy atom. The molecule has 3 heteroatoms. The van der Waals surface area contributed by atoms with E-state index in [9.17, 15) is 5.11 Å². The van der Waals surface area contributed by atoms with Gasteiger partial charge in [-0.15, -0.1) is 0 Å². The summed E-state index contributed by atoms with van der Waals surface area (Å²) < 4.78 is 0. The molecule has 0 bridgehead atoms. The number of halogens is 2. The van der Waals surface area contributed by atoms with E-state index in [-0.39, 0.29) is 6.10 Å². The molecule has 94 valence electrons. The SMILES string of the molecule is OC(Cc1c(Cl)cccc1Cl)CC1CCCC1. The number of hydrogen-bond acceptors (Lipinski definition) is 1. The number of rotatable bonds is 4. The molecule has 2 rings (SSSR count). The van der Waals surface area contributed by atoms with Crippen molar-refractivity contribution in [3.8, 4) is 0 Å². The molecule has 1 nitrogen and oxygen atoms in total. The van der Waals surface area contributed by atoms with Crippen molar-refractivity contribution in [2.75, 3.05) is 0 Å². The molecule has 0 aromatic heterocycles. The topological polar surface area (TPSA) is 20.2 Å². The quantitative estimate of drug-likeness (QED) is 0.857. The van der Waals surface area contributed by atoms with E-state index in [1.807, 2.05) is 18.2 Å². The Morgan fingerprint density at radius 1 is 1.18 bits per heavy atom. The highest BCUT2D eigenvalue weighted by Gasteiger charge is 2.20. The van der Waals surface area contributed by atoms with Crippen molar-refractivity contribution in [2.45, 2.75) is 44.6 Å². The summed E-state index contributed by atoms with van der Waals surface area (Å²) in [5.41, 5.74) is 0.876. The van der Waals surface area contributed by atoms with Gasteiger partial charge in [-0.2, -0.15) is 0 Å². The molecule has 0 spiro atoms. The van der Waals surface area contributed by atoms with Crippen LogP contribution in [0.4, 0.5) is 0 Å². The second-order valence-electron chi connectivity index (χ2n) is 4.94. The van der Waals surface area contributed by atoms with Gasteiger partial charge in [-0.3, -0.25) is 0 Å². The summed E-state index contributed by atoms with van der Waals surface area (Å²) in [6, 6.07) is 5.48. The monoisotopic (exact) mass is 272 g/mol. The molecular formula is C14H18Cl2O. The van der Waals surface area contributed by atoms with Gasteiger partial charge in [0.2, 0.25) is 0 Å². The average molecular weight is 273 g/mol. The molecule has 1 aromatic carbocycles. The lowest BCUT2D eigenvalue weighted by Gasteiger charge is -2.16. The van der Waals surface area contributed by atoms with E-state index < -0.39 is 0 Å². The summed E-state index contributed by atoms with van der Waals surface area (Å²) in [6.45, 7) is 0. The van der Waals surface area contributed by atoms with Crippen LogP contribution >= 0.6 is 23.2 Å². The molecule has 0 heterocycles. The molecular weight excluding hydrogens is 255 g/mol.